The highest BCUT2D eigenvalue weighted by Crippen LogP contribution is 2.63. The summed E-state index contributed by atoms with van der Waals surface area (Å²) < 4.78 is 5.79. The molecule has 0 aromatic heterocycles. The molecule has 2 fully saturated rings. The molecular weight excluding hydrogens is 334 g/mol. The van der Waals surface area contributed by atoms with Gasteiger partial charge >= 0.3 is 0 Å². The first-order chi connectivity index (χ1) is 13.0. The summed E-state index contributed by atoms with van der Waals surface area (Å²) in [5, 5.41) is 0. The van der Waals surface area contributed by atoms with E-state index in [0.717, 1.165) is 24.7 Å². The summed E-state index contributed by atoms with van der Waals surface area (Å²) in [6.07, 6.45) is 11.1. The molecule has 27 heavy (non-hydrogen) atoms. The lowest BCUT2D eigenvalue weighted by molar-refractivity contribution is 0.0811. The molecule has 3 aliphatic carbocycles. The molecule has 146 valence electrons. The van der Waals surface area contributed by atoms with E-state index in [1.807, 2.05) is 13.0 Å². The van der Waals surface area contributed by atoms with Crippen LogP contribution in [0, 0.1) is 17.3 Å². The van der Waals surface area contributed by atoms with Crippen LogP contribution in [-0.2, 0) is 6.42 Å². The second kappa shape index (κ2) is 7.00. The fraction of sp³-hybridized carbons (Fsp3) is 0.625. The Balaban J connectivity index is 1.71. The van der Waals surface area contributed by atoms with E-state index in [2.05, 4.69) is 26.0 Å². The SMILES string of the molecule is CC/C=C1/CCC2C3CCc4cc(C(N)=O)c(OCC)cc4C3CCC12C. The molecule has 0 aliphatic heterocycles. The third-order valence-electron chi connectivity index (χ3n) is 7.69. The number of rotatable bonds is 4. The van der Waals surface area contributed by atoms with Gasteiger partial charge in [0.1, 0.15) is 5.75 Å². The fourth-order valence-corrected chi connectivity index (χ4v) is 6.50. The zero-order valence-electron chi connectivity index (χ0n) is 17.0. The minimum atomic E-state index is -0.385. The third-order valence-corrected chi connectivity index (χ3v) is 7.69. The van der Waals surface area contributed by atoms with Crippen molar-refractivity contribution in [1.29, 1.82) is 0 Å². The Morgan fingerprint density at radius 3 is 2.78 bits per heavy atom. The van der Waals surface area contributed by atoms with Gasteiger partial charge in [0.25, 0.3) is 5.91 Å². The Labute approximate surface area is 163 Å². The molecule has 3 nitrogen and oxygen atoms in total. The number of aryl methyl sites for hydroxylation is 1. The maximum atomic E-state index is 11.9. The van der Waals surface area contributed by atoms with Crippen LogP contribution in [0.2, 0.25) is 0 Å². The lowest BCUT2D eigenvalue weighted by atomic mass is 9.55. The largest absolute Gasteiger partial charge is 0.493 e. The molecule has 4 unspecified atom stereocenters. The van der Waals surface area contributed by atoms with Crippen LogP contribution in [0.15, 0.2) is 23.8 Å². The van der Waals surface area contributed by atoms with Crippen molar-refractivity contribution in [3.8, 4) is 5.75 Å². The quantitative estimate of drug-likeness (QED) is 0.727. The molecule has 3 heteroatoms. The van der Waals surface area contributed by atoms with E-state index in [9.17, 15) is 4.79 Å². The predicted molar refractivity (Wildman–Crippen MR) is 109 cm³/mol. The van der Waals surface area contributed by atoms with Gasteiger partial charge in [0.05, 0.1) is 12.2 Å². The van der Waals surface area contributed by atoms with Crippen molar-refractivity contribution < 1.29 is 9.53 Å². The van der Waals surface area contributed by atoms with Gasteiger partial charge in [-0.1, -0.05) is 25.5 Å². The van der Waals surface area contributed by atoms with Gasteiger partial charge in [0, 0.05) is 0 Å². The zero-order valence-corrected chi connectivity index (χ0v) is 17.0. The van der Waals surface area contributed by atoms with Crippen molar-refractivity contribution in [3.63, 3.8) is 0 Å². The number of allylic oxidation sites excluding steroid dienone is 2. The van der Waals surface area contributed by atoms with Crippen LogP contribution in [0.1, 0.15) is 86.7 Å². The van der Waals surface area contributed by atoms with Gasteiger partial charge in [0.2, 0.25) is 0 Å². The van der Waals surface area contributed by atoms with Gasteiger partial charge in [-0.15, -0.1) is 0 Å². The molecule has 4 rings (SSSR count). The summed E-state index contributed by atoms with van der Waals surface area (Å²) in [5.74, 6) is 2.45. The first kappa shape index (κ1) is 18.6. The molecular formula is C24H33NO2. The Morgan fingerprint density at radius 2 is 2.07 bits per heavy atom. The molecule has 2 saturated carbocycles. The van der Waals surface area contributed by atoms with E-state index in [4.69, 9.17) is 10.5 Å². The number of ether oxygens (including phenoxy) is 1. The average molecular weight is 368 g/mol. The number of benzene rings is 1. The summed E-state index contributed by atoms with van der Waals surface area (Å²) >= 11 is 0. The van der Waals surface area contributed by atoms with Crippen molar-refractivity contribution in [3.05, 3.63) is 40.5 Å². The van der Waals surface area contributed by atoms with Crippen LogP contribution in [-0.4, -0.2) is 12.5 Å². The first-order valence-electron chi connectivity index (χ1n) is 10.8. The van der Waals surface area contributed by atoms with Crippen LogP contribution in [0.25, 0.3) is 0 Å². The van der Waals surface area contributed by atoms with Crippen LogP contribution >= 0.6 is 0 Å². The number of carbonyl (C=O) groups excluding carboxylic acids is 1. The topological polar surface area (TPSA) is 52.3 Å². The molecule has 1 aromatic rings. The van der Waals surface area contributed by atoms with Crippen LogP contribution in [0.4, 0.5) is 0 Å². The fourth-order valence-electron chi connectivity index (χ4n) is 6.50. The molecule has 0 heterocycles. The van der Waals surface area contributed by atoms with Gasteiger partial charge in [-0.25, -0.2) is 0 Å². The number of nitrogens with two attached hydrogens (primary N) is 1. The lowest BCUT2D eigenvalue weighted by Crippen LogP contribution is -2.40. The van der Waals surface area contributed by atoms with Gasteiger partial charge in [-0.3, -0.25) is 4.79 Å². The first-order valence-corrected chi connectivity index (χ1v) is 10.8. The molecule has 3 aliphatic rings. The van der Waals surface area contributed by atoms with Crippen molar-refractivity contribution >= 4 is 5.91 Å². The van der Waals surface area contributed by atoms with E-state index in [1.165, 1.54) is 43.2 Å². The molecule has 0 spiro atoms. The minimum absolute atomic E-state index is 0.385. The number of hydrogen-bond acceptors (Lipinski definition) is 2. The molecule has 2 N–H and O–H groups in total. The highest BCUT2D eigenvalue weighted by Gasteiger charge is 2.52. The normalized spacial score (nSPS) is 33.3. The lowest BCUT2D eigenvalue weighted by Gasteiger charge is -2.49. The summed E-state index contributed by atoms with van der Waals surface area (Å²) in [6, 6.07) is 4.17. The minimum Gasteiger partial charge on any atom is -0.493 e. The predicted octanol–water partition coefficient (Wildman–Crippen LogP) is 5.38. The Kier molecular flexibility index (Phi) is 4.82. The number of fused-ring (bicyclic) bond motifs is 5. The maximum Gasteiger partial charge on any atom is 0.252 e. The third kappa shape index (κ3) is 2.90. The highest BCUT2D eigenvalue weighted by atomic mass is 16.5. The van der Waals surface area contributed by atoms with Crippen LogP contribution in [0.5, 0.6) is 5.75 Å². The standard InChI is InChI=1S/C24H33NO2/c1-4-6-16-8-10-21-18-9-7-15-13-20(23(25)26)22(27-5-2)14-19(15)17(18)11-12-24(16,21)3/h6,13-14,17-18,21H,4-5,7-12H2,1-3H3,(H2,25,26)/b16-6-. The summed E-state index contributed by atoms with van der Waals surface area (Å²) in [4.78, 5) is 11.9. The van der Waals surface area contributed by atoms with Gasteiger partial charge in [-0.2, -0.15) is 0 Å². The Hall–Kier alpha value is -1.77. The van der Waals surface area contributed by atoms with Crippen molar-refractivity contribution in [2.45, 2.75) is 71.6 Å². The van der Waals surface area contributed by atoms with Crippen molar-refractivity contribution in [2.75, 3.05) is 6.61 Å². The van der Waals surface area contributed by atoms with Crippen molar-refractivity contribution in [2.24, 2.45) is 23.0 Å². The van der Waals surface area contributed by atoms with E-state index in [-0.39, 0.29) is 5.91 Å². The number of primary amides is 1. The molecule has 0 radical (unpaired) electrons. The zero-order chi connectivity index (χ0) is 19.2. The second-order valence-corrected chi connectivity index (χ2v) is 8.89. The average Bonchev–Trinajstić information content (AvgIpc) is 2.98. The summed E-state index contributed by atoms with van der Waals surface area (Å²) in [5.41, 5.74) is 11.0. The smallest absolute Gasteiger partial charge is 0.252 e. The molecule has 4 atom stereocenters. The molecule has 0 bridgehead atoms. The number of amides is 1. The molecule has 0 saturated heterocycles. The van der Waals surface area contributed by atoms with Gasteiger partial charge < -0.3 is 10.5 Å². The van der Waals surface area contributed by atoms with E-state index >= 15 is 0 Å². The van der Waals surface area contributed by atoms with E-state index < -0.39 is 0 Å². The monoisotopic (exact) mass is 367 g/mol. The summed E-state index contributed by atoms with van der Waals surface area (Å²) in [6.45, 7) is 7.30. The molecule has 1 aromatic carbocycles. The van der Waals surface area contributed by atoms with Crippen LogP contribution < -0.4 is 10.5 Å². The van der Waals surface area contributed by atoms with Crippen LogP contribution in [0.3, 0.4) is 0 Å². The number of hydrogen-bond donors (Lipinski definition) is 1. The Morgan fingerprint density at radius 1 is 1.26 bits per heavy atom. The Bertz CT molecular complexity index is 781. The maximum absolute atomic E-state index is 11.9. The second-order valence-electron chi connectivity index (χ2n) is 8.89. The number of carbonyl (C=O) groups is 1. The van der Waals surface area contributed by atoms with Crippen molar-refractivity contribution in [1.82, 2.24) is 0 Å². The van der Waals surface area contributed by atoms with E-state index in [1.54, 1.807) is 5.57 Å². The van der Waals surface area contributed by atoms with E-state index in [0.29, 0.717) is 29.3 Å². The van der Waals surface area contributed by atoms with Gasteiger partial charge in [0.15, 0.2) is 0 Å². The highest BCUT2D eigenvalue weighted by molar-refractivity contribution is 5.96. The molecule has 1 amide bonds. The van der Waals surface area contributed by atoms with Gasteiger partial charge in [-0.05, 0) is 98.3 Å². The summed E-state index contributed by atoms with van der Waals surface area (Å²) in [7, 11) is 0.